The van der Waals surface area contributed by atoms with Gasteiger partial charge in [0.1, 0.15) is 0 Å². The van der Waals surface area contributed by atoms with Crippen molar-refractivity contribution in [3.05, 3.63) is 0 Å². The fourth-order valence-electron chi connectivity index (χ4n) is 0.348. The first-order valence-corrected chi connectivity index (χ1v) is 2.60. The molecule has 0 unspecified atom stereocenters. The summed E-state index contributed by atoms with van der Waals surface area (Å²) in [5.74, 6) is 9.49. The maximum atomic E-state index is 10.3. The van der Waals surface area contributed by atoms with Crippen molar-refractivity contribution < 1.29 is 9.63 Å². The predicted octanol–water partition coefficient (Wildman–Crippen LogP) is 0.207. The number of nitrogens with two attached hydrogens (primary N) is 1. The summed E-state index contributed by atoms with van der Waals surface area (Å²) in [7, 11) is 0. The molecule has 0 aliphatic heterocycles. The second kappa shape index (κ2) is 5.13. The summed E-state index contributed by atoms with van der Waals surface area (Å²) in [5, 5.41) is 0. The first-order valence-electron chi connectivity index (χ1n) is 2.60. The summed E-state index contributed by atoms with van der Waals surface area (Å²) in [6, 6.07) is 0. The predicted molar refractivity (Wildman–Crippen MR) is 33.0 cm³/mol. The maximum Gasteiger partial charge on any atom is 0.325 e. The summed E-state index contributed by atoms with van der Waals surface area (Å²) in [6.45, 7) is 1.72. The molecule has 3 heteroatoms. The molecule has 0 aliphatic carbocycles. The second-order valence-electron chi connectivity index (χ2n) is 1.42. The van der Waals surface area contributed by atoms with Crippen molar-refractivity contribution in [3.63, 3.8) is 0 Å². The summed E-state index contributed by atoms with van der Waals surface area (Å²) in [4.78, 5) is 14.2. The zero-order chi connectivity index (χ0) is 7.11. The SMILES string of the molecule is CC#CCCC(=O)ON. The van der Waals surface area contributed by atoms with E-state index in [-0.39, 0.29) is 6.42 Å². The molecule has 0 heterocycles. The first kappa shape index (κ1) is 7.99. The molecule has 0 atom stereocenters. The summed E-state index contributed by atoms with van der Waals surface area (Å²) < 4.78 is 0. The van der Waals surface area contributed by atoms with Crippen LogP contribution in [0, 0.1) is 11.8 Å². The quantitative estimate of drug-likeness (QED) is 0.426. The molecule has 0 radical (unpaired) electrons. The van der Waals surface area contributed by atoms with Crippen LogP contribution in [0.25, 0.3) is 0 Å². The highest BCUT2D eigenvalue weighted by molar-refractivity contribution is 5.69. The Kier molecular flexibility index (Phi) is 4.56. The summed E-state index contributed by atoms with van der Waals surface area (Å²) >= 11 is 0. The highest BCUT2D eigenvalue weighted by atomic mass is 16.7. The van der Waals surface area contributed by atoms with E-state index >= 15 is 0 Å². The van der Waals surface area contributed by atoms with E-state index in [2.05, 4.69) is 22.6 Å². The van der Waals surface area contributed by atoms with Gasteiger partial charge in [-0.25, -0.2) is 0 Å². The molecule has 0 aromatic carbocycles. The number of rotatable bonds is 2. The van der Waals surface area contributed by atoms with Crippen LogP contribution >= 0.6 is 0 Å². The van der Waals surface area contributed by atoms with Crippen LogP contribution in [0.1, 0.15) is 19.8 Å². The third kappa shape index (κ3) is 4.85. The minimum atomic E-state index is -0.419. The van der Waals surface area contributed by atoms with E-state index in [0.29, 0.717) is 6.42 Å². The van der Waals surface area contributed by atoms with Crippen LogP contribution in [0.15, 0.2) is 0 Å². The monoisotopic (exact) mass is 127 g/mol. The molecule has 50 valence electrons. The topological polar surface area (TPSA) is 52.3 Å². The normalized spacial score (nSPS) is 7.33. The van der Waals surface area contributed by atoms with E-state index < -0.39 is 5.97 Å². The van der Waals surface area contributed by atoms with Crippen LogP contribution < -0.4 is 5.90 Å². The van der Waals surface area contributed by atoms with Crippen molar-refractivity contribution in [1.29, 1.82) is 0 Å². The standard InChI is InChI=1S/C6H9NO2/c1-2-3-4-5-6(8)9-7/h4-5,7H2,1H3. The van der Waals surface area contributed by atoms with Gasteiger partial charge in [0.25, 0.3) is 0 Å². The van der Waals surface area contributed by atoms with Gasteiger partial charge in [0.15, 0.2) is 0 Å². The van der Waals surface area contributed by atoms with Crippen LogP contribution in [0.2, 0.25) is 0 Å². The third-order valence-corrected chi connectivity index (χ3v) is 0.762. The molecule has 0 aromatic rings. The van der Waals surface area contributed by atoms with Gasteiger partial charge in [-0.1, -0.05) is 0 Å². The molecule has 0 amide bonds. The Morgan fingerprint density at radius 2 is 2.44 bits per heavy atom. The van der Waals surface area contributed by atoms with E-state index in [1.807, 2.05) is 0 Å². The largest absolute Gasteiger partial charge is 0.373 e. The molecular formula is C6H9NO2. The zero-order valence-electron chi connectivity index (χ0n) is 5.31. The van der Waals surface area contributed by atoms with E-state index in [4.69, 9.17) is 0 Å². The Balaban J connectivity index is 3.24. The zero-order valence-corrected chi connectivity index (χ0v) is 5.31. The minimum absolute atomic E-state index is 0.275. The molecule has 0 bridgehead atoms. The summed E-state index contributed by atoms with van der Waals surface area (Å²) in [6.07, 6.45) is 0.796. The van der Waals surface area contributed by atoms with Crippen molar-refractivity contribution in [2.24, 2.45) is 5.90 Å². The molecule has 2 N–H and O–H groups in total. The van der Waals surface area contributed by atoms with Gasteiger partial charge in [-0.3, -0.25) is 4.79 Å². The number of carbonyl (C=O) groups excluding carboxylic acids is 1. The number of hydrogen-bond donors (Lipinski definition) is 1. The van der Waals surface area contributed by atoms with Gasteiger partial charge in [0.2, 0.25) is 0 Å². The van der Waals surface area contributed by atoms with Gasteiger partial charge in [0, 0.05) is 6.42 Å². The smallest absolute Gasteiger partial charge is 0.325 e. The summed E-state index contributed by atoms with van der Waals surface area (Å²) in [5.41, 5.74) is 0. The molecule has 0 aromatic heterocycles. The van der Waals surface area contributed by atoms with Crippen molar-refractivity contribution in [3.8, 4) is 11.8 Å². The first-order chi connectivity index (χ1) is 4.31. The molecule has 0 rings (SSSR count). The van der Waals surface area contributed by atoms with Crippen molar-refractivity contribution >= 4 is 5.97 Å². The Morgan fingerprint density at radius 1 is 1.78 bits per heavy atom. The van der Waals surface area contributed by atoms with Crippen LogP contribution in [0.3, 0.4) is 0 Å². The minimum Gasteiger partial charge on any atom is -0.373 e. The lowest BCUT2D eigenvalue weighted by molar-refractivity contribution is -0.144. The molecule has 0 spiro atoms. The molecular weight excluding hydrogens is 118 g/mol. The third-order valence-electron chi connectivity index (χ3n) is 0.762. The number of hydrogen-bond acceptors (Lipinski definition) is 3. The number of carbonyl (C=O) groups is 1. The van der Waals surface area contributed by atoms with E-state index in [1.54, 1.807) is 6.92 Å². The van der Waals surface area contributed by atoms with E-state index in [0.717, 1.165) is 0 Å². The highest BCUT2D eigenvalue weighted by Crippen LogP contribution is 1.86. The van der Waals surface area contributed by atoms with Gasteiger partial charge in [-0.2, -0.15) is 5.90 Å². The average molecular weight is 127 g/mol. The van der Waals surface area contributed by atoms with E-state index in [9.17, 15) is 4.79 Å². The van der Waals surface area contributed by atoms with Crippen LogP contribution in [0.4, 0.5) is 0 Å². The molecule has 0 saturated heterocycles. The van der Waals surface area contributed by atoms with Crippen molar-refractivity contribution in [2.45, 2.75) is 19.8 Å². The molecule has 0 fully saturated rings. The van der Waals surface area contributed by atoms with Gasteiger partial charge in [0.05, 0.1) is 6.42 Å². The molecule has 3 nitrogen and oxygen atoms in total. The molecule has 9 heavy (non-hydrogen) atoms. The lowest BCUT2D eigenvalue weighted by Gasteiger charge is -1.90. The van der Waals surface area contributed by atoms with Gasteiger partial charge in [-0.05, 0) is 6.92 Å². The van der Waals surface area contributed by atoms with Crippen molar-refractivity contribution in [2.75, 3.05) is 0 Å². The van der Waals surface area contributed by atoms with Crippen LogP contribution in [0.5, 0.6) is 0 Å². The van der Waals surface area contributed by atoms with Crippen molar-refractivity contribution in [1.82, 2.24) is 0 Å². The average Bonchev–Trinajstić information content (AvgIpc) is 1.89. The van der Waals surface area contributed by atoms with Gasteiger partial charge in [-0.15, -0.1) is 11.8 Å². The lowest BCUT2D eigenvalue weighted by Crippen LogP contribution is -2.08. The van der Waals surface area contributed by atoms with E-state index in [1.165, 1.54) is 0 Å². The van der Waals surface area contributed by atoms with Crippen LogP contribution in [-0.4, -0.2) is 5.97 Å². The Labute approximate surface area is 54.1 Å². The van der Waals surface area contributed by atoms with Crippen LogP contribution in [-0.2, 0) is 9.63 Å². The van der Waals surface area contributed by atoms with Gasteiger partial charge < -0.3 is 4.84 Å². The fraction of sp³-hybridized carbons (Fsp3) is 0.500. The van der Waals surface area contributed by atoms with Gasteiger partial charge >= 0.3 is 5.97 Å². The molecule has 0 saturated carbocycles. The Morgan fingerprint density at radius 3 is 2.89 bits per heavy atom. The molecule has 0 aliphatic rings. The lowest BCUT2D eigenvalue weighted by atomic mass is 10.3. The second-order valence-corrected chi connectivity index (χ2v) is 1.42. The fourth-order valence-corrected chi connectivity index (χ4v) is 0.348. The Hall–Kier alpha value is -1.01. The Bertz CT molecular complexity index is 143. The maximum absolute atomic E-state index is 10.3. The highest BCUT2D eigenvalue weighted by Gasteiger charge is 1.95.